The van der Waals surface area contributed by atoms with Crippen LogP contribution in [0.3, 0.4) is 0 Å². The first-order valence-corrected chi connectivity index (χ1v) is 11.4. The van der Waals surface area contributed by atoms with E-state index in [0.29, 0.717) is 11.8 Å². The van der Waals surface area contributed by atoms with Crippen LogP contribution >= 0.6 is 0 Å². The number of aromatic nitrogens is 2. The van der Waals surface area contributed by atoms with Gasteiger partial charge in [-0.2, -0.15) is 4.98 Å². The van der Waals surface area contributed by atoms with E-state index in [4.69, 9.17) is 14.7 Å². The molecule has 1 aromatic carbocycles. The highest BCUT2D eigenvalue weighted by molar-refractivity contribution is 5.77. The fraction of sp³-hybridized carbons (Fsp3) is 0.542. The molecule has 7 nitrogen and oxygen atoms in total. The zero-order chi connectivity index (χ0) is 21.6. The lowest BCUT2D eigenvalue weighted by molar-refractivity contribution is -0.124. The third kappa shape index (κ3) is 5.66. The Morgan fingerprint density at radius 3 is 2.48 bits per heavy atom. The normalized spacial score (nSPS) is 20.5. The Hall–Kier alpha value is -2.83. The molecule has 1 fully saturated rings. The van der Waals surface area contributed by atoms with Crippen LogP contribution in [0.15, 0.2) is 30.3 Å². The minimum atomic E-state index is -0.0612. The summed E-state index contributed by atoms with van der Waals surface area (Å²) in [6, 6.07) is 9.97. The van der Waals surface area contributed by atoms with Crippen molar-refractivity contribution in [3.05, 3.63) is 41.6 Å². The molecule has 4 rings (SSSR count). The van der Waals surface area contributed by atoms with Gasteiger partial charge in [0.15, 0.2) is 6.61 Å². The number of aryl methyl sites for hydroxylation is 1. The molecule has 31 heavy (non-hydrogen) atoms. The largest absolute Gasteiger partial charge is 0.484 e. The molecule has 2 aliphatic carbocycles. The van der Waals surface area contributed by atoms with Crippen molar-refractivity contribution in [3.8, 4) is 5.75 Å². The van der Waals surface area contributed by atoms with E-state index in [1.54, 1.807) is 0 Å². The standard InChI is InChI=1S/C24H33N5O2/c1-29(2)23-20-10-6-7-11-21(20)27-24(28-23)26-18-14-12-17(13-15-18)25-22(30)16-31-19-8-4-3-5-9-19/h3-5,8-9,17-18H,6-7,10-16H2,1-2H3,(H,25,30)(H,26,27,28). The van der Waals surface area contributed by atoms with E-state index in [9.17, 15) is 4.79 Å². The maximum Gasteiger partial charge on any atom is 0.258 e. The second-order valence-corrected chi connectivity index (χ2v) is 8.76. The molecule has 1 heterocycles. The minimum absolute atomic E-state index is 0.0540. The first kappa shape index (κ1) is 21.4. The molecule has 0 spiro atoms. The van der Waals surface area contributed by atoms with Gasteiger partial charge in [-0.15, -0.1) is 0 Å². The van der Waals surface area contributed by atoms with Crippen LogP contribution in [0.4, 0.5) is 11.8 Å². The smallest absolute Gasteiger partial charge is 0.258 e. The van der Waals surface area contributed by atoms with Gasteiger partial charge in [-0.3, -0.25) is 4.79 Å². The third-order valence-corrected chi connectivity index (χ3v) is 6.12. The van der Waals surface area contributed by atoms with Crippen LogP contribution in [0.1, 0.15) is 49.8 Å². The van der Waals surface area contributed by atoms with E-state index < -0.39 is 0 Å². The van der Waals surface area contributed by atoms with Crippen LogP contribution in [0, 0.1) is 0 Å². The number of hydrogen-bond donors (Lipinski definition) is 2. The number of carbonyl (C=O) groups is 1. The highest BCUT2D eigenvalue weighted by Crippen LogP contribution is 2.29. The second kappa shape index (κ2) is 9.98. The number of benzene rings is 1. The number of para-hydroxylation sites is 1. The number of carbonyl (C=O) groups excluding carboxylic acids is 1. The van der Waals surface area contributed by atoms with Gasteiger partial charge in [0.25, 0.3) is 5.91 Å². The number of fused-ring (bicyclic) bond motifs is 1. The van der Waals surface area contributed by atoms with Crippen LogP contribution in [-0.2, 0) is 17.6 Å². The number of hydrogen-bond acceptors (Lipinski definition) is 6. The molecule has 0 bridgehead atoms. The molecule has 2 aliphatic rings. The molecule has 2 N–H and O–H groups in total. The Labute approximate surface area is 184 Å². The summed E-state index contributed by atoms with van der Waals surface area (Å²) in [7, 11) is 4.10. The first-order valence-electron chi connectivity index (χ1n) is 11.4. The summed E-state index contributed by atoms with van der Waals surface area (Å²) in [4.78, 5) is 24.0. The van der Waals surface area contributed by atoms with Crippen molar-refractivity contribution in [1.82, 2.24) is 15.3 Å². The van der Waals surface area contributed by atoms with Crippen molar-refractivity contribution < 1.29 is 9.53 Å². The Bertz CT molecular complexity index is 879. The molecular weight excluding hydrogens is 390 g/mol. The number of amides is 1. The molecule has 1 aromatic heterocycles. The van der Waals surface area contributed by atoms with Crippen molar-refractivity contribution in [3.63, 3.8) is 0 Å². The third-order valence-electron chi connectivity index (χ3n) is 6.12. The van der Waals surface area contributed by atoms with Gasteiger partial charge in [0.1, 0.15) is 11.6 Å². The highest BCUT2D eigenvalue weighted by Gasteiger charge is 2.25. The van der Waals surface area contributed by atoms with Crippen molar-refractivity contribution in [2.24, 2.45) is 0 Å². The molecule has 2 aromatic rings. The maximum atomic E-state index is 12.2. The number of nitrogens with zero attached hydrogens (tertiary/aromatic N) is 3. The zero-order valence-electron chi connectivity index (χ0n) is 18.6. The van der Waals surface area contributed by atoms with Gasteiger partial charge in [0.05, 0.1) is 5.69 Å². The van der Waals surface area contributed by atoms with Crippen LogP contribution in [0.25, 0.3) is 0 Å². The molecule has 1 saturated carbocycles. The number of rotatable bonds is 7. The molecule has 1 amide bonds. The van der Waals surface area contributed by atoms with Gasteiger partial charge >= 0.3 is 0 Å². The van der Waals surface area contributed by atoms with Gasteiger partial charge in [-0.25, -0.2) is 4.98 Å². The van der Waals surface area contributed by atoms with E-state index in [2.05, 4.69) is 29.6 Å². The summed E-state index contributed by atoms with van der Waals surface area (Å²) in [5, 5.41) is 6.67. The highest BCUT2D eigenvalue weighted by atomic mass is 16.5. The maximum absolute atomic E-state index is 12.2. The molecule has 0 aliphatic heterocycles. The summed E-state index contributed by atoms with van der Waals surface area (Å²) in [5.41, 5.74) is 2.51. The predicted octanol–water partition coefficient (Wildman–Crippen LogP) is 3.34. The van der Waals surface area contributed by atoms with Gasteiger partial charge < -0.3 is 20.3 Å². The Kier molecular flexibility index (Phi) is 6.89. The average Bonchev–Trinajstić information content (AvgIpc) is 2.79. The van der Waals surface area contributed by atoms with Crippen molar-refractivity contribution in [2.45, 2.75) is 63.5 Å². The van der Waals surface area contributed by atoms with Crippen LogP contribution in [0.2, 0.25) is 0 Å². The zero-order valence-corrected chi connectivity index (χ0v) is 18.6. The monoisotopic (exact) mass is 423 g/mol. The minimum Gasteiger partial charge on any atom is -0.484 e. The van der Waals surface area contributed by atoms with E-state index >= 15 is 0 Å². The summed E-state index contributed by atoms with van der Waals surface area (Å²) < 4.78 is 5.54. The Morgan fingerprint density at radius 2 is 1.74 bits per heavy atom. The summed E-state index contributed by atoms with van der Waals surface area (Å²) in [6.45, 7) is 0.0540. The van der Waals surface area contributed by atoms with Gasteiger partial charge in [-0.05, 0) is 63.5 Å². The van der Waals surface area contributed by atoms with E-state index in [-0.39, 0.29) is 18.6 Å². The molecule has 0 saturated heterocycles. The number of nitrogens with one attached hydrogen (secondary N) is 2. The fourth-order valence-corrected chi connectivity index (χ4v) is 4.51. The molecule has 7 heteroatoms. The van der Waals surface area contributed by atoms with Crippen molar-refractivity contribution >= 4 is 17.7 Å². The van der Waals surface area contributed by atoms with Crippen molar-refractivity contribution in [1.29, 1.82) is 0 Å². The fourth-order valence-electron chi connectivity index (χ4n) is 4.51. The lowest BCUT2D eigenvalue weighted by Crippen LogP contribution is -2.42. The lowest BCUT2D eigenvalue weighted by Gasteiger charge is -2.30. The van der Waals surface area contributed by atoms with Gasteiger partial charge in [0, 0.05) is 31.7 Å². The predicted molar refractivity (Wildman–Crippen MR) is 123 cm³/mol. The average molecular weight is 424 g/mol. The van der Waals surface area contributed by atoms with Crippen LogP contribution in [-0.4, -0.2) is 48.7 Å². The topological polar surface area (TPSA) is 79.4 Å². The second-order valence-electron chi connectivity index (χ2n) is 8.76. The number of ether oxygens (including phenoxy) is 1. The van der Waals surface area contributed by atoms with E-state index in [1.807, 2.05) is 30.3 Å². The Morgan fingerprint density at radius 1 is 1.03 bits per heavy atom. The van der Waals surface area contributed by atoms with Crippen molar-refractivity contribution in [2.75, 3.05) is 30.9 Å². The lowest BCUT2D eigenvalue weighted by atomic mass is 9.91. The molecule has 0 atom stereocenters. The van der Waals surface area contributed by atoms with E-state index in [1.165, 1.54) is 24.1 Å². The Balaban J connectivity index is 1.26. The van der Waals surface area contributed by atoms with Gasteiger partial charge in [0.2, 0.25) is 5.95 Å². The first-order chi connectivity index (χ1) is 15.1. The quantitative estimate of drug-likeness (QED) is 0.711. The van der Waals surface area contributed by atoms with Crippen LogP contribution < -0.4 is 20.3 Å². The molecule has 0 radical (unpaired) electrons. The number of anilines is 2. The summed E-state index contributed by atoms with van der Waals surface area (Å²) in [6.07, 6.45) is 8.40. The SMILES string of the molecule is CN(C)c1nc(NC2CCC(NC(=O)COc3ccccc3)CC2)nc2c1CCCC2. The van der Waals surface area contributed by atoms with Crippen LogP contribution in [0.5, 0.6) is 5.75 Å². The molecular formula is C24H33N5O2. The summed E-state index contributed by atoms with van der Waals surface area (Å²) in [5.74, 6) is 2.45. The molecule has 166 valence electrons. The molecule has 0 unspecified atom stereocenters. The summed E-state index contributed by atoms with van der Waals surface area (Å²) >= 11 is 0. The van der Waals surface area contributed by atoms with E-state index in [0.717, 1.165) is 50.3 Å². The van der Waals surface area contributed by atoms with Gasteiger partial charge in [-0.1, -0.05) is 18.2 Å².